The Morgan fingerprint density at radius 1 is 0.941 bits per heavy atom. The minimum absolute atomic E-state index is 0.00935. The highest BCUT2D eigenvalue weighted by Crippen LogP contribution is 2.39. The molecule has 2 saturated heterocycles. The summed E-state index contributed by atoms with van der Waals surface area (Å²) in [5, 5.41) is 11.4. The van der Waals surface area contributed by atoms with E-state index in [9.17, 15) is 18.0 Å². The van der Waals surface area contributed by atoms with E-state index in [0.717, 1.165) is 69.0 Å². The van der Waals surface area contributed by atoms with Crippen LogP contribution in [0.1, 0.15) is 48.0 Å². The van der Waals surface area contributed by atoms with Gasteiger partial charge in [-0.1, -0.05) is 42.5 Å². The molecule has 14 heteroatoms. The number of hydrogen-bond acceptors (Lipinski definition) is 8. The van der Waals surface area contributed by atoms with Crippen molar-refractivity contribution in [2.45, 2.75) is 50.2 Å². The van der Waals surface area contributed by atoms with Gasteiger partial charge < -0.3 is 24.0 Å². The van der Waals surface area contributed by atoms with E-state index in [1.807, 2.05) is 45.9 Å². The zero-order chi connectivity index (χ0) is 35.4. The first kappa shape index (κ1) is 34.5. The van der Waals surface area contributed by atoms with Gasteiger partial charge in [-0.15, -0.1) is 5.10 Å². The number of anilines is 1. The number of nitrogens with zero attached hydrogens (tertiary/aromatic N) is 9. The molecule has 2 aromatic heterocycles. The zero-order valence-electron chi connectivity index (χ0n) is 28.7. The third-order valence-corrected chi connectivity index (χ3v) is 10.3. The van der Waals surface area contributed by atoms with Gasteiger partial charge in [0.05, 0.1) is 29.4 Å². The van der Waals surface area contributed by atoms with Crippen molar-refractivity contribution in [2.24, 2.45) is 0 Å². The summed E-state index contributed by atoms with van der Waals surface area (Å²) in [5.74, 6) is 1.14. The summed E-state index contributed by atoms with van der Waals surface area (Å²) in [6.45, 7) is 5.52. The molecule has 3 aromatic carbocycles. The molecule has 5 aromatic rings. The molecule has 7 rings (SSSR count). The number of carbonyl (C=O) groups excluding carboxylic acids is 1. The summed E-state index contributed by atoms with van der Waals surface area (Å²) in [6, 6.07) is 23.5. The monoisotopic (exact) mass is 701 g/mol. The van der Waals surface area contributed by atoms with Crippen LogP contribution in [0.4, 0.5) is 19.1 Å². The normalized spacial score (nSPS) is 18.7. The largest absolute Gasteiger partial charge is 0.496 e. The van der Waals surface area contributed by atoms with Crippen molar-refractivity contribution in [1.29, 1.82) is 0 Å². The molecular formula is C37H42F3N9O2. The topological polar surface area (TPSA) is 97.4 Å². The van der Waals surface area contributed by atoms with Crippen LogP contribution in [0.15, 0.2) is 79.1 Å². The predicted molar refractivity (Wildman–Crippen MR) is 187 cm³/mol. The Morgan fingerprint density at radius 3 is 2.55 bits per heavy atom. The van der Waals surface area contributed by atoms with Gasteiger partial charge in [-0.05, 0) is 85.1 Å². The Kier molecular flexibility index (Phi) is 9.94. The minimum atomic E-state index is -4.19. The highest BCUT2D eigenvalue weighted by atomic mass is 19.4. The van der Waals surface area contributed by atoms with Crippen molar-refractivity contribution >= 4 is 22.9 Å². The number of methoxy groups -OCH3 is 1. The van der Waals surface area contributed by atoms with Gasteiger partial charge in [0.15, 0.2) is 0 Å². The Labute approximate surface area is 294 Å². The van der Waals surface area contributed by atoms with Crippen molar-refractivity contribution in [1.82, 2.24) is 39.6 Å². The van der Waals surface area contributed by atoms with Gasteiger partial charge in [-0.3, -0.25) is 4.79 Å². The summed E-state index contributed by atoms with van der Waals surface area (Å²) in [5.41, 5.74) is 3.79. The first-order chi connectivity index (χ1) is 24.7. The molecule has 2 fully saturated rings. The van der Waals surface area contributed by atoms with E-state index in [4.69, 9.17) is 9.72 Å². The molecule has 0 spiro atoms. The standard InChI is InChI=1S/C37H42F3N9O2/c1-51-33-14-13-29(49-27-41-43-44-49)25-30(33)34(50)47-22-17-36(26-47,28-9-3-2-4-10-28)16-21-45-18-8-19-46(24-23-45)35-42-31-11-5-6-12-32(31)48(35)20-7-15-37(38,39)40/h2-6,9-14,25,27H,7-8,15-24,26H2,1H3/t36-/m0/s1. The third-order valence-electron chi connectivity index (χ3n) is 10.3. The van der Waals surface area contributed by atoms with Crippen molar-refractivity contribution in [2.75, 3.05) is 57.8 Å². The second-order valence-electron chi connectivity index (χ2n) is 13.5. The number of aromatic nitrogens is 6. The third kappa shape index (κ3) is 7.55. The molecule has 1 amide bonds. The molecule has 268 valence electrons. The summed E-state index contributed by atoms with van der Waals surface area (Å²) in [6.07, 6.45) is -0.891. The average Bonchev–Trinajstić information content (AvgIpc) is 3.88. The van der Waals surface area contributed by atoms with Crippen LogP contribution in [-0.2, 0) is 12.0 Å². The van der Waals surface area contributed by atoms with E-state index in [0.29, 0.717) is 30.1 Å². The SMILES string of the molecule is COc1ccc(-n2cnnn2)cc1C(=O)N1CC[C@](CCN2CCCN(c3nc4ccccc4n3CCCC(F)(F)F)CC2)(c2ccccc2)C1. The molecule has 51 heavy (non-hydrogen) atoms. The average molecular weight is 702 g/mol. The van der Waals surface area contributed by atoms with E-state index in [1.165, 1.54) is 16.6 Å². The van der Waals surface area contributed by atoms with Gasteiger partial charge in [0, 0.05) is 51.1 Å². The molecule has 2 aliphatic heterocycles. The number of rotatable bonds is 11. The van der Waals surface area contributed by atoms with E-state index in [2.05, 4.69) is 49.6 Å². The van der Waals surface area contributed by atoms with Crippen LogP contribution in [0.3, 0.4) is 0 Å². The summed E-state index contributed by atoms with van der Waals surface area (Å²) < 4.78 is 48.2. The number of alkyl halides is 3. The first-order valence-corrected chi connectivity index (χ1v) is 17.5. The smallest absolute Gasteiger partial charge is 0.389 e. The maximum Gasteiger partial charge on any atom is 0.389 e. The molecular weight excluding hydrogens is 659 g/mol. The number of benzene rings is 3. The molecule has 0 saturated carbocycles. The van der Waals surface area contributed by atoms with Crippen LogP contribution in [0.2, 0.25) is 0 Å². The van der Waals surface area contributed by atoms with Crippen LogP contribution in [-0.4, -0.2) is 105 Å². The quantitative estimate of drug-likeness (QED) is 0.172. The number of aryl methyl sites for hydroxylation is 1. The zero-order valence-corrected chi connectivity index (χ0v) is 28.7. The molecule has 0 bridgehead atoms. The maximum absolute atomic E-state index is 14.1. The van der Waals surface area contributed by atoms with Gasteiger partial charge in [0.25, 0.3) is 5.91 Å². The van der Waals surface area contributed by atoms with Gasteiger partial charge in [0.1, 0.15) is 12.1 Å². The summed E-state index contributed by atoms with van der Waals surface area (Å²) in [7, 11) is 1.56. The van der Waals surface area contributed by atoms with Crippen LogP contribution in [0, 0.1) is 0 Å². The lowest BCUT2D eigenvalue weighted by Gasteiger charge is -2.33. The molecule has 4 heterocycles. The van der Waals surface area contributed by atoms with Crippen LogP contribution < -0.4 is 9.64 Å². The van der Waals surface area contributed by atoms with E-state index < -0.39 is 12.6 Å². The Balaban J connectivity index is 1.06. The second-order valence-corrected chi connectivity index (χ2v) is 13.5. The maximum atomic E-state index is 14.1. The first-order valence-electron chi connectivity index (χ1n) is 17.5. The number of carbonyl (C=O) groups is 1. The Bertz CT molecular complexity index is 1930. The number of para-hydroxylation sites is 2. The van der Waals surface area contributed by atoms with Gasteiger partial charge in [-0.2, -0.15) is 13.2 Å². The fourth-order valence-electron chi connectivity index (χ4n) is 7.61. The predicted octanol–water partition coefficient (Wildman–Crippen LogP) is 5.75. The lowest BCUT2D eigenvalue weighted by molar-refractivity contribution is -0.135. The number of ether oxygens (including phenoxy) is 1. The molecule has 0 radical (unpaired) electrons. The molecule has 0 N–H and O–H groups in total. The van der Waals surface area contributed by atoms with E-state index in [-0.39, 0.29) is 24.3 Å². The van der Waals surface area contributed by atoms with Gasteiger partial charge >= 0.3 is 6.18 Å². The van der Waals surface area contributed by atoms with Crippen molar-refractivity contribution < 1.29 is 22.7 Å². The summed E-state index contributed by atoms with van der Waals surface area (Å²) >= 11 is 0. The Hall–Kier alpha value is -4.98. The second kappa shape index (κ2) is 14.7. The minimum Gasteiger partial charge on any atom is -0.496 e. The molecule has 1 atom stereocenters. The van der Waals surface area contributed by atoms with Gasteiger partial charge in [0.2, 0.25) is 5.95 Å². The van der Waals surface area contributed by atoms with Crippen LogP contribution >= 0.6 is 0 Å². The van der Waals surface area contributed by atoms with Crippen molar-refractivity contribution in [3.8, 4) is 11.4 Å². The number of hydrogen-bond donors (Lipinski definition) is 0. The molecule has 11 nitrogen and oxygen atoms in total. The van der Waals surface area contributed by atoms with Crippen molar-refractivity contribution in [3.05, 3.63) is 90.3 Å². The fraction of sp³-hybridized carbons (Fsp3) is 0.432. The number of fused-ring (bicyclic) bond motifs is 1. The lowest BCUT2D eigenvalue weighted by Crippen LogP contribution is -2.39. The van der Waals surface area contributed by atoms with Crippen molar-refractivity contribution in [3.63, 3.8) is 0 Å². The Morgan fingerprint density at radius 2 is 1.76 bits per heavy atom. The highest BCUT2D eigenvalue weighted by Gasteiger charge is 2.42. The van der Waals surface area contributed by atoms with E-state index >= 15 is 0 Å². The number of amides is 1. The molecule has 0 unspecified atom stereocenters. The number of likely N-dealkylation sites (tertiary alicyclic amines) is 1. The summed E-state index contributed by atoms with van der Waals surface area (Å²) in [4.78, 5) is 25.6. The van der Waals surface area contributed by atoms with Gasteiger partial charge in [-0.25, -0.2) is 9.67 Å². The lowest BCUT2D eigenvalue weighted by atomic mass is 9.76. The van der Waals surface area contributed by atoms with Crippen LogP contribution in [0.25, 0.3) is 16.7 Å². The molecule has 2 aliphatic rings. The number of tetrazole rings is 1. The van der Waals surface area contributed by atoms with Crippen LogP contribution in [0.5, 0.6) is 5.75 Å². The molecule has 0 aliphatic carbocycles. The fourth-order valence-corrected chi connectivity index (χ4v) is 7.61. The highest BCUT2D eigenvalue weighted by molar-refractivity contribution is 5.98. The number of halogens is 3. The number of imidazole rings is 1. The van der Waals surface area contributed by atoms with E-state index in [1.54, 1.807) is 19.2 Å².